The van der Waals surface area contributed by atoms with Crippen molar-refractivity contribution in [2.75, 3.05) is 18.6 Å². The van der Waals surface area contributed by atoms with Crippen molar-refractivity contribution in [1.82, 2.24) is 18.8 Å². The van der Waals surface area contributed by atoms with E-state index in [1.807, 2.05) is 0 Å². The molecule has 0 amide bonds. The number of rotatable bonds is 4. The summed E-state index contributed by atoms with van der Waals surface area (Å²) < 4.78 is 51.7. The van der Waals surface area contributed by atoms with Gasteiger partial charge in [0, 0.05) is 112 Å². The Morgan fingerprint density at radius 1 is 0.516 bits per heavy atom. The van der Waals surface area contributed by atoms with Crippen LogP contribution < -0.4 is 5.32 Å². The van der Waals surface area contributed by atoms with Crippen LogP contribution in [0.5, 0.6) is 0 Å². The van der Waals surface area contributed by atoms with Gasteiger partial charge >= 0.3 is 0 Å². The molecular weight excluding hydrogens is 861 g/mol. The molecule has 13 fully saturated rings. The molecule has 0 aromatic rings. The van der Waals surface area contributed by atoms with Gasteiger partial charge in [-0.15, -0.1) is 0 Å². The summed E-state index contributed by atoms with van der Waals surface area (Å²) in [5.74, 6) is 2.04. The molecule has 15 nitrogen and oxygen atoms in total. The van der Waals surface area contributed by atoms with Crippen LogP contribution in [0.3, 0.4) is 0 Å². The number of carbonyl (C=O) groups is 3. The van der Waals surface area contributed by atoms with Gasteiger partial charge in [0.1, 0.15) is 17.3 Å². The smallest absolute Gasteiger partial charge is 0.239 e. The number of hydrogen-bond acceptors (Lipinski definition) is 13. The molecule has 2 spiro atoms. The second-order valence-electron chi connectivity index (χ2n) is 20.4. The van der Waals surface area contributed by atoms with E-state index in [1.165, 1.54) is 32.1 Å². The molecule has 4 aliphatic carbocycles. The van der Waals surface area contributed by atoms with Gasteiger partial charge in [-0.3, -0.25) is 19.3 Å². The van der Waals surface area contributed by atoms with Crippen LogP contribution >= 0.6 is 0 Å². The molecule has 13 rings (SSSR count). The summed E-state index contributed by atoms with van der Waals surface area (Å²) in [6.45, 7) is 3.36. The highest BCUT2D eigenvalue weighted by atomic mass is 32.2. The number of ketones is 3. The normalized spacial score (nSPS) is 42.5. The second-order valence-corrected chi connectivity index (χ2v) is 24.8. The van der Waals surface area contributed by atoms with Crippen molar-refractivity contribution < 1.29 is 50.8 Å². The quantitative estimate of drug-likeness (QED) is 0.283. The van der Waals surface area contributed by atoms with Crippen molar-refractivity contribution in [3.63, 3.8) is 0 Å². The van der Waals surface area contributed by atoms with Crippen molar-refractivity contribution in [2.24, 2.45) is 23.7 Å². The Labute approximate surface area is 386 Å². The maximum absolute atomic E-state index is 12.5. The fraction of sp³-hybridized carbons (Fsp3) is 0.936. The van der Waals surface area contributed by atoms with Crippen LogP contribution in [0.25, 0.3) is 0 Å². The van der Waals surface area contributed by atoms with E-state index >= 15 is 0 Å². The van der Waals surface area contributed by atoms with E-state index in [0.717, 1.165) is 88.9 Å². The summed E-state index contributed by atoms with van der Waals surface area (Å²) in [5.41, 5.74) is 0. The van der Waals surface area contributed by atoms with Crippen molar-refractivity contribution in [3.05, 3.63) is 0 Å². The lowest BCUT2D eigenvalue weighted by Gasteiger charge is -2.60. The Morgan fingerprint density at radius 3 is 1.30 bits per heavy atom. The Kier molecular flexibility index (Phi) is 17.3. The van der Waals surface area contributed by atoms with E-state index in [9.17, 15) is 31.2 Å². The molecule has 0 aromatic carbocycles. The first kappa shape index (κ1) is 53.5. The molecule has 370 valence electrons. The molecule has 8 atom stereocenters. The van der Waals surface area contributed by atoms with E-state index in [4.69, 9.17) is 19.6 Å². The Hall–Kier alpha value is -1.41. The predicted molar refractivity (Wildman–Crippen MR) is 246 cm³/mol. The molecule has 1 N–H and O–H groups in total. The van der Waals surface area contributed by atoms with Gasteiger partial charge in [-0.2, -0.15) is 28.2 Å². The molecule has 0 radical (unpaired) electrons. The summed E-state index contributed by atoms with van der Waals surface area (Å²) in [4.78, 5) is 59.7. The van der Waals surface area contributed by atoms with Gasteiger partial charge in [0.05, 0.1) is 11.5 Å². The van der Waals surface area contributed by atoms with Crippen molar-refractivity contribution >= 4 is 37.4 Å². The van der Waals surface area contributed by atoms with Crippen molar-refractivity contribution in [1.29, 1.82) is 0 Å². The zero-order chi connectivity index (χ0) is 42.2. The molecule has 64 heavy (non-hydrogen) atoms. The largest absolute Gasteiger partial charge is 0.310 e. The van der Waals surface area contributed by atoms with Crippen LogP contribution in [0.15, 0.2) is 0 Å². The average molecular weight is 945 g/mol. The molecule has 17 heteroatoms. The van der Waals surface area contributed by atoms with E-state index in [-0.39, 0.29) is 71.2 Å². The highest BCUT2D eigenvalue weighted by molar-refractivity contribution is 7.89. The molecule has 12 bridgehead atoms. The van der Waals surface area contributed by atoms with Crippen LogP contribution in [-0.2, 0) is 54.0 Å². The molecule has 0 aromatic heterocycles. The molecule has 9 saturated heterocycles. The number of hydrogen-bond donors (Lipinski definition) is 1. The van der Waals surface area contributed by atoms with Gasteiger partial charge in [0.25, 0.3) is 0 Å². The zero-order valence-corrected chi connectivity index (χ0v) is 37.5. The van der Waals surface area contributed by atoms with Crippen LogP contribution in [0.4, 0.5) is 0 Å². The van der Waals surface area contributed by atoms with Gasteiger partial charge in [0.2, 0.25) is 31.6 Å². The number of fused-ring (bicyclic) bond motifs is 8. The number of carbonyl (C=O) groups excluding carboxylic acids is 3. The van der Waals surface area contributed by atoms with Gasteiger partial charge in [-0.1, -0.05) is 29.7 Å². The average Bonchev–Trinajstić information content (AvgIpc) is 3.87. The number of nitrogens with zero attached hydrogens (tertiary/aromatic N) is 3. The molecule has 4 saturated carbocycles. The molecule has 8 unspecified atom stereocenters. The lowest BCUT2D eigenvalue weighted by Crippen LogP contribution is -2.66. The molecule has 9 heterocycles. The number of sulfonamides is 2. The Balaban J connectivity index is 0.000000176. The minimum atomic E-state index is -3.21. The number of piperidine rings is 4. The lowest BCUT2D eigenvalue weighted by atomic mass is 9.53. The minimum absolute atomic E-state index is 0. The maximum Gasteiger partial charge on any atom is 0.239 e. The van der Waals surface area contributed by atoms with Crippen LogP contribution in [0.2, 0.25) is 0 Å². The van der Waals surface area contributed by atoms with Crippen LogP contribution in [0, 0.1) is 23.7 Å². The number of Topliss-reactive ketones (excluding diaryl/α,β-unsaturated/α-hetero) is 3. The van der Waals surface area contributed by atoms with Crippen molar-refractivity contribution in [3.8, 4) is 0 Å². The van der Waals surface area contributed by atoms with Gasteiger partial charge < -0.3 is 5.32 Å². The fourth-order valence-corrected chi connectivity index (χ4v) is 17.0. The maximum atomic E-state index is 12.5. The van der Waals surface area contributed by atoms with Gasteiger partial charge in [0.15, 0.2) is 0 Å². The Morgan fingerprint density at radius 2 is 0.875 bits per heavy atom. The Bertz CT molecular complexity index is 1780. The predicted octanol–water partition coefficient (Wildman–Crippen LogP) is 7.08. The van der Waals surface area contributed by atoms with Crippen LogP contribution in [0.1, 0.15) is 178 Å². The molecule has 9 aliphatic heterocycles. The summed E-state index contributed by atoms with van der Waals surface area (Å²) in [6, 6.07) is 2.00. The third-order valence-corrected chi connectivity index (χ3v) is 20.6. The summed E-state index contributed by atoms with van der Waals surface area (Å²) in [7, 11) is -4.16. The highest BCUT2D eigenvalue weighted by Crippen LogP contribution is 2.62. The third kappa shape index (κ3) is 10.3. The first-order valence-corrected chi connectivity index (χ1v) is 26.6. The fourth-order valence-electron chi connectivity index (χ4n) is 13.9. The van der Waals surface area contributed by atoms with E-state index in [1.54, 1.807) is 22.5 Å². The van der Waals surface area contributed by atoms with Crippen LogP contribution in [-0.4, -0.2) is 126 Å². The summed E-state index contributed by atoms with van der Waals surface area (Å²) in [6.07, 6.45) is 19.2. The second kappa shape index (κ2) is 20.7. The first-order chi connectivity index (χ1) is 28.6. The van der Waals surface area contributed by atoms with Gasteiger partial charge in [-0.05, 0) is 116 Å². The van der Waals surface area contributed by atoms with E-state index in [0.29, 0.717) is 73.3 Å². The first-order valence-electron chi connectivity index (χ1n) is 23.4. The monoisotopic (exact) mass is 945 g/mol. The molecule has 13 aliphatic rings. The van der Waals surface area contributed by atoms with E-state index < -0.39 is 31.6 Å². The van der Waals surface area contributed by atoms with E-state index in [2.05, 4.69) is 17.3 Å². The zero-order valence-electron chi connectivity index (χ0n) is 35.8. The number of nitrogens with one attached hydrogen (secondary N) is 1. The molecular formula is C47H84N4O11S2. The topological polar surface area (TPSA) is 178 Å². The van der Waals surface area contributed by atoms with Crippen molar-refractivity contribution in [2.45, 2.75) is 238 Å². The SMILES string of the molecule is C.C.C.C.CCS(=O)(=O)N1C2CCC1CC(=O)C2.CCS(=O)(=O)N1C2CCC1CC1(C2)OOC2(OO1)C1CC3CC(C1)CC2C3.CN1C2CCC1CC(=O)C2.O=C1CC2CCC(C1)N2. The van der Waals surface area contributed by atoms with Gasteiger partial charge in [-0.25, -0.2) is 16.8 Å². The minimum Gasteiger partial charge on any atom is -0.310 e. The standard InChI is InChI=1S/C19H29NO6S.C9H15NO3S.C8H13NO.C7H11NO.4CH4/c1-2-27(21,22)20-16-3-4-17(20)11-18(10-16)23-25-19(26-24-18)14-6-12-5-13(8-14)9-15(19)7-12;1-2-14(12,13)10-7-3-4-8(10)6-9(11)5-7;1-9-6-2-3-7(9)5-8(10)4-6;9-7-3-5-1-2-6(4-7)8-5;;;;/h12-17H,2-11H2,1H3;7-8H,2-6H2,1H3;6-7H,2-5H2,1H3;5-6,8H,1-4H2;4*1H4. The summed E-state index contributed by atoms with van der Waals surface area (Å²) >= 11 is 0. The summed E-state index contributed by atoms with van der Waals surface area (Å²) in [5, 5.41) is 3.40. The lowest BCUT2D eigenvalue weighted by molar-refractivity contribution is -0.681. The highest BCUT2D eigenvalue weighted by Gasteiger charge is 2.66. The third-order valence-electron chi connectivity index (χ3n) is 16.6.